The SMILES string of the molecule is CC(=O)NCCc1ccc(S(=O)(=O)O)cc1.Cl. The molecule has 1 aromatic rings. The van der Waals surface area contributed by atoms with E-state index in [1.807, 2.05) is 0 Å². The molecule has 7 heteroatoms. The van der Waals surface area contributed by atoms with E-state index in [-0.39, 0.29) is 23.2 Å². The van der Waals surface area contributed by atoms with Gasteiger partial charge in [0.25, 0.3) is 10.1 Å². The summed E-state index contributed by atoms with van der Waals surface area (Å²) in [6.45, 7) is 1.93. The molecule has 0 bridgehead atoms. The molecule has 0 spiro atoms. The first-order valence-electron chi connectivity index (χ1n) is 4.70. The van der Waals surface area contributed by atoms with Crippen LogP contribution in [-0.4, -0.2) is 25.4 Å². The number of rotatable bonds is 4. The third-order valence-electron chi connectivity index (χ3n) is 2.01. The van der Waals surface area contributed by atoms with E-state index in [1.165, 1.54) is 19.1 Å². The third kappa shape index (κ3) is 5.67. The van der Waals surface area contributed by atoms with Crippen LogP contribution in [-0.2, 0) is 21.3 Å². The van der Waals surface area contributed by atoms with Crippen molar-refractivity contribution in [2.45, 2.75) is 18.2 Å². The number of amides is 1. The van der Waals surface area contributed by atoms with E-state index in [2.05, 4.69) is 5.32 Å². The molecule has 96 valence electrons. The molecule has 0 fully saturated rings. The lowest BCUT2D eigenvalue weighted by Crippen LogP contribution is -2.22. The maximum Gasteiger partial charge on any atom is 0.294 e. The number of hydrogen-bond acceptors (Lipinski definition) is 3. The van der Waals surface area contributed by atoms with Crippen molar-refractivity contribution in [2.75, 3.05) is 6.54 Å². The van der Waals surface area contributed by atoms with Crippen LogP contribution in [0.5, 0.6) is 0 Å². The van der Waals surface area contributed by atoms with Crippen LogP contribution in [0.15, 0.2) is 29.2 Å². The fraction of sp³-hybridized carbons (Fsp3) is 0.300. The summed E-state index contributed by atoms with van der Waals surface area (Å²) in [6, 6.07) is 5.87. The highest BCUT2D eigenvalue weighted by molar-refractivity contribution is 7.85. The predicted octanol–water partition coefficient (Wildman–Crippen LogP) is 1.03. The minimum atomic E-state index is -4.12. The zero-order chi connectivity index (χ0) is 12.2. The van der Waals surface area contributed by atoms with Crippen LogP contribution in [0, 0.1) is 0 Å². The van der Waals surface area contributed by atoms with Crippen LogP contribution >= 0.6 is 12.4 Å². The van der Waals surface area contributed by atoms with Crippen LogP contribution < -0.4 is 5.32 Å². The quantitative estimate of drug-likeness (QED) is 0.807. The van der Waals surface area contributed by atoms with Gasteiger partial charge in [0.1, 0.15) is 0 Å². The Bertz CT molecular complexity index is 470. The Balaban J connectivity index is 0.00000256. The van der Waals surface area contributed by atoms with Crippen molar-refractivity contribution in [3.05, 3.63) is 29.8 Å². The van der Waals surface area contributed by atoms with Crippen molar-refractivity contribution in [2.24, 2.45) is 0 Å². The molecule has 0 unspecified atom stereocenters. The molecule has 0 radical (unpaired) electrons. The molecular formula is C10H14ClNO4S. The Morgan fingerprint density at radius 3 is 2.24 bits per heavy atom. The van der Waals surface area contributed by atoms with Gasteiger partial charge in [-0.05, 0) is 24.1 Å². The average molecular weight is 280 g/mol. The Hall–Kier alpha value is -1.11. The second-order valence-electron chi connectivity index (χ2n) is 3.35. The molecule has 0 aliphatic rings. The Morgan fingerprint density at radius 1 is 1.29 bits per heavy atom. The van der Waals surface area contributed by atoms with Gasteiger partial charge >= 0.3 is 0 Å². The first kappa shape index (κ1) is 15.9. The molecule has 1 amide bonds. The number of nitrogens with one attached hydrogen (secondary N) is 1. The van der Waals surface area contributed by atoms with Crippen molar-refractivity contribution < 1.29 is 17.8 Å². The second kappa shape index (κ2) is 6.58. The monoisotopic (exact) mass is 279 g/mol. The van der Waals surface area contributed by atoms with Gasteiger partial charge in [-0.15, -0.1) is 12.4 Å². The molecule has 0 atom stereocenters. The summed E-state index contributed by atoms with van der Waals surface area (Å²) in [6.07, 6.45) is 0.616. The van der Waals surface area contributed by atoms with Crippen LogP contribution in [0.1, 0.15) is 12.5 Å². The summed E-state index contributed by atoms with van der Waals surface area (Å²) < 4.78 is 30.2. The minimum Gasteiger partial charge on any atom is -0.356 e. The summed E-state index contributed by atoms with van der Waals surface area (Å²) in [5.74, 6) is -0.102. The van der Waals surface area contributed by atoms with Gasteiger partial charge in [-0.1, -0.05) is 12.1 Å². The van der Waals surface area contributed by atoms with Gasteiger partial charge in [0, 0.05) is 13.5 Å². The largest absolute Gasteiger partial charge is 0.356 e. The lowest BCUT2D eigenvalue weighted by Gasteiger charge is -2.03. The maximum absolute atomic E-state index is 10.7. The lowest BCUT2D eigenvalue weighted by molar-refractivity contribution is -0.118. The number of carbonyl (C=O) groups is 1. The van der Waals surface area contributed by atoms with Crippen molar-refractivity contribution >= 4 is 28.4 Å². The molecule has 0 saturated carbocycles. The van der Waals surface area contributed by atoms with E-state index >= 15 is 0 Å². The van der Waals surface area contributed by atoms with E-state index in [9.17, 15) is 13.2 Å². The van der Waals surface area contributed by atoms with Gasteiger partial charge in [-0.3, -0.25) is 9.35 Å². The third-order valence-corrected chi connectivity index (χ3v) is 2.88. The van der Waals surface area contributed by atoms with Crippen LogP contribution in [0.3, 0.4) is 0 Å². The molecule has 0 aromatic heterocycles. The van der Waals surface area contributed by atoms with Gasteiger partial charge < -0.3 is 5.32 Å². The fourth-order valence-corrected chi connectivity index (χ4v) is 1.69. The smallest absolute Gasteiger partial charge is 0.294 e. The number of halogens is 1. The van der Waals surface area contributed by atoms with E-state index in [1.54, 1.807) is 12.1 Å². The van der Waals surface area contributed by atoms with Crippen molar-refractivity contribution in [1.82, 2.24) is 5.32 Å². The van der Waals surface area contributed by atoms with E-state index < -0.39 is 10.1 Å². The van der Waals surface area contributed by atoms with Crippen molar-refractivity contribution in [3.8, 4) is 0 Å². The van der Waals surface area contributed by atoms with Crippen molar-refractivity contribution in [3.63, 3.8) is 0 Å². The molecule has 0 saturated heterocycles. The number of carbonyl (C=O) groups excluding carboxylic acids is 1. The Morgan fingerprint density at radius 2 is 1.82 bits per heavy atom. The molecule has 0 aliphatic heterocycles. The highest BCUT2D eigenvalue weighted by Crippen LogP contribution is 2.10. The predicted molar refractivity (Wildman–Crippen MR) is 65.9 cm³/mol. The standard InChI is InChI=1S/C10H13NO4S.ClH/c1-8(12)11-7-6-9-2-4-10(5-3-9)16(13,14)15;/h2-5H,6-7H2,1H3,(H,11,12)(H,13,14,15);1H. The van der Waals surface area contributed by atoms with Gasteiger partial charge in [-0.2, -0.15) is 8.42 Å². The molecule has 1 rings (SSSR count). The summed E-state index contributed by atoms with van der Waals surface area (Å²) in [7, 11) is -4.12. The van der Waals surface area contributed by atoms with Gasteiger partial charge in [0.15, 0.2) is 0 Å². The maximum atomic E-state index is 10.7. The number of benzene rings is 1. The zero-order valence-electron chi connectivity index (χ0n) is 9.21. The normalized spacial score (nSPS) is 10.5. The Labute approximate surface area is 106 Å². The van der Waals surface area contributed by atoms with Gasteiger partial charge in [0.2, 0.25) is 5.91 Å². The summed E-state index contributed by atoms with van der Waals surface area (Å²) in [5, 5.41) is 2.63. The topological polar surface area (TPSA) is 83.5 Å². The average Bonchev–Trinajstić information content (AvgIpc) is 2.16. The number of hydrogen-bond donors (Lipinski definition) is 2. The van der Waals surface area contributed by atoms with Crippen LogP contribution in [0.2, 0.25) is 0 Å². The zero-order valence-corrected chi connectivity index (χ0v) is 10.8. The first-order chi connectivity index (χ1) is 7.39. The van der Waals surface area contributed by atoms with Gasteiger partial charge in [-0.25, -0.2) is 0 Å². The van der Waals surface area contributed by atoms with Crippen molar-refractivity contribution in [1.29, 1.82) is 0 Å². The molecule has 5 nitrogen and oxygen atoms in total. The van der Waals surface area contributed by atoms with Crippen LogP contribution in [0.25, 0.3) is 0 Å². The molecule has 0 heterocycles. The second-order valence-corrected chi connectivity index (χ2v) is 4.77. The van der Waals surface area contributed by atoms with E-state index in [0.29, 0.717) is 13.0 Å². The summed E-state index contributed by atoms with van der Waals surface area (Å²) in [4.78, 5) is 10.5. The molecule has 0 aliphatic carbocycles. The molecule has 1 aromatic carbocycles. The minimum absolute atomic E-state index is 0. The van der Waals surface area contributed by atoms with E-state index in [4.69, 9.17) is 4.55 Å². The highest BCUT2D eigenvalue weighted by atomic mass is 35.5. The van der Waals surface area contributed by atoms with E-state index in [0.717, 1.165) is 5.56 Å². The molecular weight excluding hydrogens is 266 g/mol. The fourth-order valence-electron chi connectivity index (χ4n) is 1.21. The van der Waals surface area contributed by atoms with Crippen LogP contribution in [0.4, 0.5) is 0 Å². The van der Waals surface area contributed by atoms with Gasteiger partial charge in [0.05, 0.1) is 4.90 Å². The summed E-state index contributed by atoms with van der Waals surface area (Å²) in [5.41, 5.74) is 0.890. The Kier molecular flexibility index (Phi) is 6.15. The molecule has 2 N–H and O–H groups in total. The summed E-state index contributed by atoms with van der Waals surface area (Å²) >= 11 is 0. The highest BCUT2D eigenvalue weighted by Gasteiger charge is 2.08. The molecule has 17 heavy (non-hydrogen) atoms. The lowest BCUT2D eigenvalue weighted by atomic mass is 10.1. The first-order valence-corrected chi connectivity index (χ1v) is 6.14.